The highest BCUT2D eigenvalue weighted by Gasteiger charge is 2.44. The smallest absolute Gasteiger partial charge is 0.306 e. The summed E-state index contributed by atoms with van der Waals surface area (Å²) in [5.74, 6) is 0.0989. The highest BCUT2D eigenvalue weighted by Crippen LogP contribution is 2.47. The Morgan fingerprint density at radius 3 is 2.44 bits per heavy atom. The topological polar surface area (TPSA) is 64.6 Å². The molecule has 27 heavy (non-hydrogen) atoms. The van der Waals surface area contributed by atoms with Crippen LogP contribution in [0.5, 0.6) is 5.75 Å². The molecule has 0 saturated heterocycles. The average Bonchev–Trinajstić information content (AvgIpc) is 3.51. The number of aryl methyl sites for hydroxylation is 1. The van der Waals surface area contributed by atoms with E-state index in [-0.39, 0.29) is 30.3 Å². The summed E-state index contributed by atoms with van der Waals surface area (Å²) in [4.78, 5) is 23.9. The third-order valence-electron chi connectivity index (χ3n) is 5.02. The number of hydrogen-bond donors (Lipinski definition) is 1. The van der Waals surface area contributed by atoms with Gasteiger partial charge in [-0.05, 0) is 36.5 Å². The first-order valence-electron chi connectivity index (χ1n) is 9.23. The first kappa shape index (κ1) is 19.0. The van der Waals surface area contributed by atoms with Crippen LogP contribution in [0.1, 0.15) is 30.4 Å². The van der Waals surface area contributed by atoms with E-state index in [9.17, 15) is 9.59 Å². The Balaban J connectivity index is 1.38. The van der Waals surface area contributed by atoms with Crippen molar-refractivity contribution >= 4 is 11.9 Å². The van der Waals surface area contributed by atoms with Crippen LogP contribution in [0.25, 0.3) is 0 Å². The van der Waals surface area contributed by atoms with E-state index in [0.717, 1.165) is 24.2 Å². The molecule has 2 aromatic rings. The van der Waals surface area contributed by atoms with Crippen LogP contribution in [-0.4, -0.2) is 32.1 Å². The van der Waals surface area contributed by atoms with Gasteiger partial charge in [-0.15, -0.1) is 0 Å². The summed E-state index contributed by atoms with van der Waals surface area (Å²) in [6.07, 6.45) is 2.86. The molecule has 3 rings (SSSR count). The van der Waals surface area contributed by atoms with Crippen molar-refractivity contribution in [1.82, 2.24) is 5.32 Å². The van der Waals surface area contributed by atoms with Gasteiger partial charge in [-0.3, -0.25) is 9.59 Å². The van der Waals surface area contributed by atoms with E-state index in [2.05, 4.69) is 17.4 Å². The number of para-hydroxylation sites is 1. The van der Waals surface area contributed by atoms with Crippen LogP contribution < -0.4 is 10.1 Å². The maximum absolute atomic E-state index is 12.0. The molecule has 2 aromatic carbocycles. The Kier molecular flexibility index (Phi) is 6.12. The number of methoxy groups -OCH3 is 1. The van der Waals surface area contributed by atoms with Gasteiger partial charge in [0, 0.05) is 18.4 Å². The molecule has 1 saturated carbocycles. The molecule has 0 spiro atoms. The molecule has 1 aliphatic carbocycles. The number of nitrogens with one attached hydrogen (secondary N) is 1. The normalized spacial score (nSPS) is 14.3. The van der Waals surface area contributed by atoms with E-state index < -0.39 is 0 Å². The van der Waals surface area contributed by atoms with Gasteiger partial charge >= 0.3 is 5.97 Å². The van der Waals surface area contributed by atoms with Crippen molar-refractivity contribution in [2.45, 2.75) is 31.1 Å². The van der Waals surface area contributed by atoms with Crippen molar-refractivity contribution in [1.29, 1.82) is 0 Å². The molecule has 1 N–H and O–H groups in total. The first-order valence-corrected chi connectivity index (χ1v) is 9.23. The lowest BCUT2D eigenvalue weighted by molar-refractivity contribution is -0.148. The van der Waals surface area contributed by atoms with Gasteiger partial charge in [-0.1, -0.05) is 48.5 Å². The summed E-state index contributed by atoms with van der Waals surface area (Å²) < 4.78 is 10.4. The molecule has 5 nitrogen and oxygen atoms in total. The van der Waals surface area contributed by atoms with E-state index in [1.807, 2.05) is 42.5 Å². The molecule has 0 aliphatic heterocycles. The molecule has 0 radical (unpaired) electrons. The number of rotatable bonds is 9. The molecule has 5 heteroatoms. The number of hydrogen-bond acceptors (Lipinski definition) is 4. The van der Waals surface area contributed by atoms with E-state index in [1.54, 1.807) is 7.11 Å². The van der Waals surface area contributed by atoms with E-state index in [4.69, 9.17) is 9.47 Å². The number of ether oxygens (including phenoxy) is 2. The van der Waals surface area contributed by atoms with Crippen molar-refractivity contribution in [3.8, 4) is 5.75 Å². The number of carbonyl (C=O) groups excluding carboxylic acids is 2. The van der Waals surface area contributed by atoms with Crippen molar-refractivity contribution in [2.75, 3.05) is 20.3 Å². The van der Waals surface area contributed by atoms with Gasteiger partial charge in [0.25, 0.3) is 5.91 Å². The summed E-state index contributed by atoms with van der Waals surface area (Å²) in [5, 5.41) is 2.90. The maximum atomic E-state index is 12.0. The zero-order chi connectivity index (χ0) is 19.1. The molecule has 0 unspecified atom stereocenters. The van der Waals surface area contributed by atoms with Crippen LogP contribution in [-0.2, 0) is 26.2 Å². The van der Waals surface area contributed by atoms with Gasteiger partial charge in [0.1, 0.15) is 5.75 Å². The van der Waals surface area contributed by atoms with Crippen molar-refractivity contribution in [2.24, 2.45) is 0 Å². The Labute approximate surface area is 159 Å². The minimum absolute atomic E-state index is 0.0464. The summed E-state index contributed by atoms with van der Waals surface area (Å²) in [6.45, 7) is 0.338. The summed E-state index contributed by atoms with van der Waals surface area (Å²) in [6, 6.07) is 17.8. The van der Waals surface area contributed by atoms with Crippen LogP contribution >= 0.6 is 0 Å². The Morgan fingerprint density at radius 1 is 1.04 bits per heavy atom. The molecule has 0 aromatic heterocycles. The van der Waals surface area contributed by atoms with E-state index in [1.165, 1.54) is 5.56 Å². The zero-order valence-electron chi connectivity index (χ0n) is 15.6. The standard InChI is InChI=1S/C22H25NO4/c1-26-19-10-6-5-7-17(19)11-12-21(25)27-15-20(24)23-16-22(13-14-22)18-8-3-2-4-9-18/h2-10H,11-16H2,1H3,(H,23,24). The molecule has 142 valence electrons. The Hall–Kier alpha value is -2.82. The van der Waals surface area contributed by atoms with Crippen LogP contribution in [0.15, 0.2) is 54.6 Å². The summed E-state index contributed by atoms with van der Waals surface area (Å²) in [5.41, 5.74) is 2.24. The minimum atomic E-state index is -0.389. The van der Waals surface area contributed by atoms with Gasteiger partial charge < -0.3 is 14.8 Å². The Morgan fingerprint density at radius 2 is 1.74 bits per heavy atom. The third kappa shape index (κ3) is 5.09. The lowest BCUT2D eigenvalue weighted by atomic mass is 9.96. The van der Waals surface area contributed by atoms with Crippen molar-refractivity contribution in [3.05, 3.63) is 65.7 Å². The maximum Gasteiger partial charge on any atom is 0.306 e. The second-order valence-electron chi connectivity index (χ2n) is 6.90. The van der Waals surface area contributed by atoms with Gasteiger partial charge in [-0.2, -0.15) is 0 Å². The fourth-order valence-electron chi connectivity index (χ4n) is 3.19. The monoisotopic (exact) mass is 367 g/mol. The number of carbonyl (C=O) groups is 2. The van der Waals surface area contributed by atoms with E-state index >= 15 is 0 Å². The first-order chi connectivity index (χ1) is 13.1. The number of amides is 1. The third-order valence-corrected chi connectivity index (χ3v) is 5.02. The highest BCUT2D eigenvalue weighted by atomic mass is 16.5. The second-order valence-corrected chi connectivity index (χ2v) is 6.90. The van der Waals surface area contributed by atoms with Crippen LogP contribution in [0.3, 0.4) is 0 Å². The van der Waals surface area contributed by atoms with Gasteiger partial charge in [0.05, 0.1) is 7.11 Å². The Bertz CT molecular complexity index is 784. The summed E-state index contributed by atoms with van der Waals surface area (Å²) in [7, 11) is 1.60. The molecule has 1 fully saturated rings. The quantitative estimate of drug-likeness (QED) is 0.692. The highest BCUT2D eigenvalue weighted by molar-refractivity contribution is 5.80. The SMILES string of the molecule is COc1ccccc1CCC(=O)OCC(=O)NCC1(c2ccccc2)CC1. The van der Waals surface area contributed by atoms with Crippen molar-refractivity contribution < 1.29 is 19.1 Å². The van der Waals surface area contributed by atoms with Gasteiger partial charge in [0.15, 0.2) is 6.61 Å². The van der Waals surface area contributed by atoms with Crippen LogP contribution in [0, 0.1) is 0 Å². The van der Waals surface area contributed by atoms with Gasteiger partial charge in [0.2, 0.25) is 0 Å². The lowest BCUT2D eigenvalue weighted by Crippen LogP contribution is -2.35. The fourth-order valence-corrected chi connectivity index (χ4v) is 3.19. The fraction of sp³-hybridized carbons (Fsp3) is 0.364. The lowest BCUT2D eigenvalue weighted by Gasteiger charge is -2.16. The minimum Gasteiger partial charge on any atom is -0.496 e. The van der Waals surface area contributed by atoms with Gasteiger partial charge in [-0.25, -0.2) is 0 Å². The average molecular weight is 367 g/mol. The summed E-state index contributed by atoms with van der Waals surface area (Å²) >= 11 is 0. The molecule has 0 bridgehead atoms. The second kappa shape index (κ2) is 8.71. The zero-order valence-corrected chi connectivity index (χ0v) is 15.6. The molecular formula is C22H25NO4. The van der Waals surface area contributed by atoms with Crippen LogP contribution in [0.4, 0.5) is 0 Å². The van der Waals surface area contributed by atoms with E-state index in [0.29, 0.717) is 13.0 Å². The molecule has 1 amide bonds. The molecular weight excluding hydrogens is 342 g/mol. The molecule has 1 aliphatic rings. The number of benzene rings is 2. The molecule has 0 atom stereocenters. The predicted molar refractivity (Wildman–Crippen MR) is 103 cm³/mol. The largest absolute Gasteiger partial charge is 0.496 e. The predicted octanol–water partition coefficient (Wildman–Crippen LogP) is 3.02. The molecule has 0 heterocycles. The van der Waals surface area contributed by atoms with Crippen LogP contribution in [0.2, 0.25) is 0 Å². The number of esters is 1. The van der Waals surface area contributed by atoms with Crippen molar-refractivity contribution in [3.63, 3.8) is 0 Å².